The second kappa shape index (κ2) is 5.57. The molecule has 0 fully saturated rings. The molecule has 1 aromatic carbocycles. The Morgan fingerprint density at radius 3 is 2.29 bits per heavy atom. The normalized spacial score (nSPS) is 13.6. The zero-order chi connectivity index (χ0) is 14.8. The van der Waals surface area contributed by atoms with Crippen LogP contribution in [-0.2, 0) is 0 Å². The molecule has 2 heterocycles. The molecule has 2 amide bonds. The highest BCUT2D eigenvalue weighted by Gasteiger charge is 2.34. The average molecular weight is 299 g/mol. The quantitative estimate of drug-likeness (QED) is 0.690. The van der Waals surface area contributed by atoms with Crippen LogP contribution in [0.4, 0.5) is 5.69 Å². The molecule has 6 heteroatoms. The van der Waals surface area contributed by atoms with Crippen molar-refractivity contribution in [2.45, 2.75) is 5.03 Å². The minimum atomic E-state index is -0.221. The lowest BCUT2D eigenvalue weighted by molar-refractivity contribution is 0.0664. The van der Waals surface area contributed by atoms with Crippen LogP contribution in [0.1, 0.15) is 20.7 Å². The molecule has 0 radical (unpaired) electrons. The smallest absolute Gasteiger partial charge is 0.261 e. The molecule has 0 aliphatic carbocycles. The summed E-state index contributed by atoms with van der Waals surface area (Å²) in [5.74, 6) is 0.158. The first-order valence-electron chi connectivity index (χ1n) is 6.46. The first kappa shape index (κ1) is 13.6. The zero-order valence-electron chi connectivity index (χ0n) is 11.2. The van der Waals surface area contributed by atoms with Crippen LogP contribution >= 0.6 is 11.8 Å². The molecule has 0 saturated heterocycles. The maximum absolute atomic E-state index is 12.2. The molecule has 1 aliphatic rings. The van der Waals surface area contributed by atoms with E-state index < -0.39 is 0 Å². The van der Waals surface area contributed by atoms with E-state index in [0.717, 1.165) is 5.03 Å². The molecule has 106 valence electrons. The van der Waals surface area contributed by atoms with E-state index in [0.29, 0.717) is 29.1 Å². The Morgan fingerprint density at radius 2 is 1.71 bits per heavy atom. The number of nitrogens with two attached hydrogens (primary N) is 1. The van der Waals surface area contributed by atoms with Gasteiger partial charge in [0.1, 0.15) is 0 Å². The topological polar surface area (TPSA) is 76.3 Å². The third kappa shape index (κ3) is 2.62. The van der Waals surface area contributed by atoms with Crippen LogP contribution < -0.4 is 5.73 Å². The highest BCUT2D eigenvalue weighted by molar-refractivity contribution is 7.99. The Labute approximate surface area is 126 Å². The monoisotopic (exact) mass is 299 g/mol. The average Bonchev–Trinajstić information content (AvgIpc) is 2.75. The number of carbonyl (C=O) groups is 2. The Kier molecular flexibility index (Phi) is 3.62. The summed E-state index contributed by atoms with van der Waals surface area (Å²) in [7, 11) is 0. The number of nitrogens with zero attached hydrogens (tertiary/aromatic N) is 2. The number of anilines is 1. The second-order valence-electron chi connectivity index (χ2n) is 4.59. The number of imide groups is 1. The van der Waals surface area contributed by atoms with Crippen LogP contribution in [0.5, 0.6) is 0 Å². The number of hydrogen-bond acceptors (Lipinski definition) is 5. The summed E-state index contributed by atoms with van der Waals surface area (Å²) < 4.78 is 0. The van der Waals surface area contributed by atoms with Gasteiger partial charge in [0.05, 0.1) is 28.0 Å². The van der Waals surface area contributed by atoms with E-state index >= 15 is 0 Å². The summed E-state index contributed by atoms with van der Waals surface area (Å²) in [5, 5.41) is 0.820. The van der Waals surface area contributed by atoms with E-state index in [9.17, 15) is 9.59 Å². The number of nitrogen functional groups attached to an aromatic ring is 1. The number of rotatable bonds is 4. The van der Waals surface area contributed by atoms with E-state index in [2.05, 4.69) is 4.98 Å². The van der Waals surface area contributed by atoms with Gasteiger partial charge in [-0.25, -0.2) is 4.98 Å². The minimum absolute atomic E-state index is 0.221. The molecular formula is C15H13N3O2S. The lowest BCUT2D eigenvalue weighted by Crippen LogP contribution is -2.31. The predicted octanol–water partition coefficient (Wildman–Crippen LogP) is 2.05. The van der Waals surface area contributed by atoms with Crippen molar-refractivity contribution in [1.82, 2.24) is 9.88 Å². The SMILES string of the molecule is Nc1ccc(SCCN2C(=O)c3ccccc3C2=O)nc1. The fourth-order valence-electron chi connectivity index (χ4n) is 2.16. The zero-order valence-corrected chi connectivity index (χ0v) is 12.0. The molecule has 2 N–H and O–H groups in total. The summed E-state index contributed by atoms with van der Waals surface area (Å²) >= 11 is 1.49. The molecular weight excluding hydrogens is 286 g/mol. The van der Waals surface area contributed by atoms with Gasteiger partial charge >= 0.3 is 0 Å². The molecule has 1 aliphatic heterocycles. The van der Waals surface area contributed by atoms with Gasteiger partial charge in [0, 0.05) is 12.3 Å². The van der Waals surface area contributed by atoms with Gasteiger partial charge in [0.2, 0.25) is 0 Å². The number of aromatic nitrogens is 1. The summed E-state index contributed by atoms with van der Waals surface area (Å²) in [6.07, 6.45) is 1.59. The number of carbonyl (C=O) groups excluding carboxylic acids is 2. The number of fused-ring (bicyclic) bond motifs is 1. The van der Waals surface area contributed by atoms with Crippen LogP contribution in [-0.4, -0.2) is 34.0 Å². The fraction of sp³-hybridized carbons (Fsp3) is 0.133. The third-order valence-corrected chi connectivity index (χ3v) is 4.13. The number of hydrogen-bond donors (Lipinski definition) is 1. The van der Waals surface area contributed by atoms with E-state index in [1.807, 2.05) is 6.07 Å². The molecule has 0 atom stereocenters. The predicted molar refractivity (Wildman–Crippen MR) is 81.2 cm³/mol. The van der Waals surface area contributed by atoms with Gasteiger partial charge in [-0.15, -0.1) is 11.8 Å². The number of pyridine rings is 1. The van der Waals surface area contributed by atoms with Crippen molar-refractivity contribution in [3.63, 3.8) is 0 Å². The fourth-order valence-corrected chi connectivity index (χ4v) is 2.94. The first-order chi connectivity index (χ1) is 10.2. The Balaban J connectivity index is 1.63. The van der Waals surface area contributed by atoms with Crippen molar-refractivity contribution >= 4 is 29.3 Å². The molecule has 1 aromatic heterocycles. The Hall–Kier alpha value is -2.34. The van der Waals surface area contributed by atoms with Gasteiger partial charge in [-0.05, 0) is 24.3 Å². The van der Waals surface area contributed by atoms with Crippen LogP contribution in [0.15, 0.2) is 47.6 Å². The minimum Gasteiger partial charge on any atom is -0.397 e. The lowest BCUT2D eigenvalue weighted by Gasteiger charge is -2.12. The third-order valence-electron chi connectivity index (χ3n) is 3.20. The van der Waals surface area contributed by atoms with Gasteiger partial charge in [-0.2, -0.15) is 0 Å². The van der Waals surface area contributed by atoms with Crippen molar-refractivity contribution < 1.29 is 9.59 Å². The van der Waals surface area contributed by atoms with E-state index in [1.54, 1.807) is 36.5 Å². The van der Waals surface area contributed by atoms with Crippen LogP contribution in [0.25, 0.3) is 0 Å². The van der Waals surface area contributed by atoms with Crippen molar-refractivity contribution in [2.75, 3.05) is 18.0 Å². The van der Waals surface area contributed by atoms with Gasteiger partial charge < -0.3 is 5.73 Å². The molecule has 3 rings (SSSR count). The van der Waals surface area contributed by atoms with Gasteiger partial charge in [-0.3, -0.25) is 14.5 Å². The summed E-state index contributed by atoms with van der Waals surface area (Å²) in [4.78, 5) is 29.8. The van der Waals surface area contributed by atoms with Gasteiger partial charge in [-0.1, -0.05) is 12.1 Å². The Bertz CT molecular complexity index is 665. The van der Waals surface area contributed by atoms with Crippen molar-refractivity contribution in [2.24, 2.45) is 0 Å². The van der Waals surface area contributed by atoms with Crippen molar-refractivity contribution in [3.05, 3.63) is 53.7 Å². The van der Waals surface area contributed by atoms with Gasteiger partial charge in [0.15, 0.2) is 0 Å². The largest absolute Gasteiger partial charge is 0.397 e. The maximum atomic E-state index is 12.2. The first-order valence-corrected chi connectivity index (χ1v) is 7.45. The second-order valence-corrected chi connectivity index (χ2v) is 5.70. The van der Waals surface area contributed by atoms with Crippen molar-refractivity contribution in [3.8, 4) is 0 Å². The van der Waals surface area contributed by atoms with Gasteiger partial charge in [0.25, 0.3) is 11.8 Å². The van der Waals surface area contributed by atoms with Crippen LogP contribution in [0.3, 0.4) is 0 Å². The number of amides is 2. The maximum Gasteiger partial charge on any atom is 0.261 e. The number of benzene rings is 1. The number of thioether (sulfide) groups is 1. The molecule has 2 aromatic rings. The molecule has 0 spiro atoms. The van der Waals surface area contributed by atoms with Crippen LogP contribution in [0.2, 0.25) is 0 Å². The molecule has 5 nitrogen and oxygen atoms in total. The standard InChI is InChI=1S/C15H13N3O2S/c16-10-5-6-13(17-9-10)21-8-7-18-14(19)11-3-1-2-4-12(11)15(18)20/h1-6,9H,7-8,16H2. The molecule has 0 bridgehead atoms. The van der Waals surface area contributed by atoms with Crippen molar-refractivity contribution in [1.29, 1.82) is 0 Å². The highest BCUT2D eigenvalue weighted by Crippen LogP contribution is 2.23. The molecule has 0 saturated carbocycles. The van der Waals surface area contributed by atoms with E-state index in [-0.39, 0.29) is 11.8 Å². The molecule has 21 heavy (non-hydrogen) atoms. The summed E-state index contributed by atoms with van der Waals surface area (Å²) in [6.45, 7) is 0.364. The van der Waals surface area contributed by atoms with E-state index in [1.165, 1.54) is 16.7 Å². The van der Waals surface area contributed by atoms with Crippen LogP contribution in [0, 0.1) is 0 Å². The summed E-state index contributed by atoms with van der Waals surface area (Å²) in [6, 6.07) is 10.5. The highest BCUT2D eigenvalue weighted by atomic mass is 32.2. The summed E-state index contributed by atoms with van der Waals surface area (Å²) in [5.41, 5.74) is 7.15. The lowest BCUT2D eigenvalue weighted by atomic mass is 10.1. The molecule has 0 unspecified atom stereocenters. The Morgan fingerprint density at radius 1 is 1.05 bits per heavy atom. The van der Waals surface area contributed by atoms with E-state index in [4.69, 9.17) is 5.73 Å².